The zero-order valence-corrected chi connectivity index (χ0v) is 11.7. The van der Waals surface area contributed by atoms with Gasteiger partial charge in [0.15, 0.2) is 6.61 Å². The van der Waals surface area contributed by atoms with E-state index >= 15 is 0 Å². The number of hydrogen-bond acceptors (Lipinski definition) is 3. The predicted octanol–water partition coefficient (Wildman–Crippen LogP) is 2.55. The molecule has 1 aromatic rings. The van der Waals surface area contributed by atoms with Crippen LogP contribution >= 0.6 is 22.6 Å². The number of amides is 1. The number of halogens is 4. The average molecular weight is 387 g/mol. The molecule has 1 aromatic carbocycles. The highest BCUT2D eigenvalue weighted by Crippen LogP contribution is 2.33. The van der Waals surface area contributed by atoms with Gasteiger partial charge in [-0.05, 0) is 40.8 Å². The predicted molar refractivity (Wildman–Crippen MR) is 69.0 cm³/mol. The lowest BCUT2D eigenvalue weighted by Crippen LogP contribution is -2.41. The Balaban J connectivity index is 2.12. The summed E-state index contributed by atoms with van der Waals surface area (Å²) in [6, 6.07) is 5.15. The molecule has 1 heterocycles. The van der Waals surface area contributed by atoms with Gasteiger partial charge in [-0.1, -0.05) is 0 Å². The molecule has 2 rings (SSSR count). The number of nitrogens with zero attached hydrogens (tertiary/aromatic N) is 1. The molecule has 0 aliphatic carbocycles. The molecule has 0 spiro atoms. The summed E-state index contributed by atoms with van der Waals surface area (Å²) < 4.78 is 45.5. The van der Waals surface area contributed by atoms with E-state index in [4.69, 9.17) is 4.74 Å². The van der Waals surface area contributed by atoms with Crippen molar-refractivity contribution in [3.8, 4) is 5.75 Å². The van der Waals surface area contributed by atoms with E-state index in [9.17, 15) is 18.0 Å². The van der Waals surface area contributed by atoms with E-state index < -0.39 is 13.0 Å². The summed E-state index contributed by atoms with van der Waals surface area (Å²) in [6.45, 7) is -0.964. The van der Waals surface area contributed by atoms with Gasteiger partial charge in [-0.3, -0.25) is 9.53 Å². The molecule has 0 N–H and O–H groups in total. The fraction of sp³-hybridized carbons (Fsp3) is 0.364. The molecule has 0 radical (unpaired) electrons. The highest BCUT2D eigenvalue weighted by atomic mass is 127. The number of benzene rings is 1. The molecular formula is C11H9F3INO3. The van der Waals surface area contributed by atoms with Crippen LogP contribution in [0.25, 0.3) is 0 Å². The van der Waals surface area contributed by atoms with Gasteiger partial charge >= 0.3 is 6.36 Å². The van der Waals surface area contributed by atoms with Gasteiger partial charge < -0.3 is 9.64 Å². The summed E-state index contributed by atoms with van der Waals surface area (Å²) >= 11 is 2.05. The maximum Gasteiger partial charge on any atom is 0.522 e. The number of carbonyl (C=O) groups excluding carboxylic acids is 1. The van der Waals surface area contributed by atoms with Gasteiger partial charge in [0.2, 0.25) is 0 Å². The third-order valence-corrected chi connectivity index (χ3v) is 3.12. The van der Waals surface area contributed by atoms with E-state index in [1.54, 1.807) is 18.2 Å². The Morgan fingerprint density at radius 2 is 2.16 bits per heavy atom. The molecular weight excluding hydrogens is 378 g/mol. The molecule has 0 bridgehead atoms. The Kier molecular flexibility index (Phi) is 4.19. The summed E-state index contributed by atoms with van der Waals surface area (Å²) in [4.78, 5) is 12.9. The van der Waals surface area contributed by atoms with Crippen LogP contribution in [0.1, 0.15) is 0 Å². The van der Waals surface area contributed by atoms with Crippen molar-refractivity contribution in [1.29, 1.82) is 0 Å². The largest absolute Gasteiger partial charge is 0.522 e. The van der Waals surface area contributed by atoms with Crippen molar-refractivity contribution in [3.63, 3.8) is 0 Å². The number of rotatable bonds is 3. The fourth-order valence-electron chi connectivity index (χ4n) is 1.67. The molecule has 0 saturated carbocycles. The van der Waals surface area contributed by atoms with Crippen LogP contribution in [0.2, 0.25) is 0 Å². The van der Waals surface area contributed by atoms with Crippen molar-refractivity contribution >= 4 is 34.2 Å². The van der Waals surface area contributed by atoms with Gasteiger partial charge in [0.05, 0.1) is 12.3 Å². The van der Waals surface area contributed by atoms with Gasteiger partial charge in [0.1, 0.15) is 5.75 Å². The van der Waals surface area contributed by atoms with Gasteiger partial charge in [-0.2, -0.15) is 0 Å². The van der Waals surface area contributed by atoms with Crippen LogP contribution in [-0.4, -0.2) is 32.0 Å². The molecule has 0 fully saturated rings. The first kappa shape index (κ1) is 14.4. The molecule has 0 aromatic heterocycles. The number of carbonyl (C=O) groups is 1. The van der Waals surface area contributed by atoms with Crippen LogP contribution < -0.4 is 9.64 Å². The zero-order chi connectivity index (χ0) is 14.0. The Hall–Kier alpha value is -1.03. The van der Waals surface area contributed by atoms with Crippen molar-refractivity contribution in [2.45, 2.75) is 6.36 Å². The molecule has 0 saturated heterocycles. The number of hydrogen-bond donors (Lipinski definition) is 0. The minimum Gasteiger partial charge on any atom is -0.482 e. The van der Waals surface area contributed by atoms with Crippen molar-refractivity contribution in [2.24, 2.45) is 0 Å². The third kappa shape index (κ3) is 3.72. The minimum absolute atomic E-state index is 0.172. The number of anilines is 1. The van der Waals surface area contributed by atoms with E-state index in [1.165, 1.54) is 4.90 Å². The van der Waals surface area contributed by atoms with Crippen LogP contribution in [0.3, 0.4) is 0 Å². The van der Waals surface area contributed by atoms with E-state index in [-0.39, 0.29) is 19.1 Å². The maximum atomic E-state index is 11.9. The molecule has 1 aliphatic heterocycles. The van der Waals surface area contributed by atoms with Gasteiger partial charge in [-0.15, -0.1) is 13.2 Å². The Morgan fingerprint density at radius 1 is 1.42 bits per heavy atom. The van der Waals surface area contributed by atoms with Gasteiger partial charge in [0.25, 0.3) is 5.91 Å². The first-order valence-corrected chi connectivity index (χ1v) is 6.38. The maximum absolute atomic E-state index is 11.9. The highest BCUT2D eigenvalue weighted by molar-refractivity contribution is 14.1. The summed E-state index contributed by atoms with van der Waals surface area (Å²) in [6.07, 6.45) is -4.69. The van der Waals surface area contributed by atoms with Gasteiger partial charge in [0, 0.05) is 10.1 Å². The van der Waals surface area contributed by atoms with Crippen LogP contribution in [-0.2, 0) is 9.53 Å². The van der Waals surface area contributed by atoms with Crippen LogP contribution in [0.15, 0.2) is 18.2 Å². The van der Waals surface area contributed by atoms with Crippen LogP contribution in [0.5, 0.6) is 5.75 Å². The second kappa shape index (κ2) is 5.53. The number of fused-ring (bicyclic) bond motifs is 1. The molecule has 104 valence electrons. The SMILES string of the molecule is O=C1COc2ccc(I)cc2N1CCOC(F)(F)F. The monoisotopic (exact) mass is 387 g/mol. The standard InChI is InChI=1S/C11H9F3INO3/c12-11(13,14)19-4-3-16-8-5-7(15)1-2-9(8)18-6-10(16)17/h1-2,5H,3-4,6H2. The summed E-state index contributed by atoms with van der Waals surface area (Å²) in [7, 11) is 0. The molecule has 0 unspecified atom stereocenters. The number of ether oxygens (including phenoxy) is 2. The lowest BCUT2D eigenvalue weighted by molar-refractivity contribution is -0.323. The van der Waals surface area contributed by atoms with Crippen LogP contribution in [0, 0.1) is 3.57 Å². The fourth-order valence-corrected chi connectivity index (χ4v) is 2.15. The zero-order valence-electron chi connectivity index (χ0n) is 9.54. The molecule has 8 heteroatoms. The van der Waals surface area contributed by atoms with E-state index in [0.29, 0.717) is 11.4 Å². The smallest absolute Gasteiger partial charge is 0.482 e. The average Bonchev–Trinajstić information content (AvgIpc) is 2.30. The molecule has 19 heavy (non-hydrogen) atoms. The molecule has 0 atom stereocenters. The van der Waals surface area contributed by atoms with E-state index in [0.717, 1.165) is 3.57 Å². The summed E-state index contributed by atoms with van der Waals surface area (Å²) in [5, 5.41) is 0. The Bertz CT molecular complexity index is 493. The van der Waals surface area contributed by atoms with Gasteiger partial charge in [-0.25, -0.2) is 0 Å². The van der Waals surface area contributed by atoms with Crippen molar-refractivity contribution in [2.75, 3.05) is 24.7 Å². The quantitative estimate of drug-likeness (QED) is 0.749. The Labute approximate surface area is 120 Å². The lowest BCUT2D eigenvalue weighted by Gasteiger charge is -2.29. The summed E-state index contributed by atoms with van der Waals surface area (Å²) in [5.74, 6) is 0.0901. The second-order valence-corrected chi connectivity index (χ2v) is 4.99. The molecule has 1 aliphatic rings. The normalized spacial score (nSPS) is 15.2. The van der Waals surface area contributed by atoms with E-state index in [2.05, 4.69) is 4.74 Å². The van der Waals surface area contributed by atoms with Crippen molar-refractivity contribution < 1.29 is 27.4 Å². The highest BCUT2D eigenvalue weighted by Gasteiger charge is 2.31. The number of alkyl halides is 3. The van der Waals surface area contributed by atoms with E-state index in [1.807, 2.05) is 22.6 Å². The third-order valence-electron chi connectivity index (χ3n) is 2.44. The topological polar surface area (TPSA) is 38.8 Å². The minimum atomic E-state index is -4.69. The Morgan fingerprint density at radius 3 is 2.84 bits per heavy atom. The summed E-state index contributed by atoms with van der Waals surface area (Å²) in [5.41, 5.74) is 0.467. The van der Waals surface area contributed by atoms with Crippen molar-refractivity contribution in [3.05, 3.63) is 21.8 Å². The first-order valence-electron chi connectivity index (χ1n) is 5.30. The lowest BCUT2D eigenvalue weighted by atomic mass is 10.2. The molecule has 1 amide bonds. The van der Waals surface area contributed by atoms with Crippen molar-refractivity contribution in [1.82, 2.24) is 0 Å². The van der Waals surface area contributed by atoms with Crippen LogP contribution in [0.4, 0.5) is 18.9 Å². The molecule has 4 nitrogen and oxygen atoms in total. The first-order chi connectivity index (χ1) is 8.87. The second-order valence-electron chi connectivity index (χ2n) is 3.74.